The number of nitrogens with two attached hydrogens (primary N) is 1. The highest BCUT2D eigenvalue weighted by molar-refractivity contribution is 5.91. The Labute approximate surface area is 109 Å². The molecule has 0 fully saturated rings. The van der Waals surface area contributed by atoms with Crippen LogP contribution in [0, 0.1) is 0 Å². The molecule has 0 atom stereocenters. The van der Waals surface area contributed by atoms with E-state index in [0.29, 0.717) is 6.42 Å². The van der Waals surface area contributed by atoms with Crippen LogP contribution in [-0.2, 0) is 4.79 Å². The molecule has 0 aromatic rings. The van der Waals surface area contributed by atoms with Crippen molar-refractivity contribution < 1.29 is 14.8 Å². The second-order valence-corrected chi connectivity index (χ2v) is 4.62. The summed E-state index contributed by atoms with van der Waals surface area (Å²) in [5.74, 6) is -0.620. The Hall–Kier alpha value is -1.10. The zero-order chi connectivity index (χ0) is 13.8. The zero-order valence-corrected chi connectivity index (χ0v) is 11.4. The van der Waals surface area contributed by atoms with E-state index in [-0.39, 0.29) is 11.5 Å². The van der Waals surface area contributed by atoms with Gasteiger partial charge < -0.3 is 5.73 Å². The molecule has 0 aliphatic carbocycles. The van der Waals surface area contributed by atoms with Crippen LogP contribution >= 0.6 is 0 Å². The number of imide groups is 1. The molecule has 3 amide bonds. The number of carbonyl (C=O) groups excluding carboxylic acids is 2. The molecule has 0 heterocycles. The highest BCUT2D eigenvalue weighted by atomic mass is 16.5. The van der Waals surface area contributed by atoms with Gasteiger partial charge in [-0.2, -0.15) is 0 Å². The van der Waals surface area contributed by atoms with E-state index in [1.54, 1.807) is 0 Å². The van der Waals surface area contributed by atoms with E-state index >= 15 is 0 Å². The summed E-state index contributed by atoms with van der Waals surface area (Å²) >= 11 is 0. The number of unbranched alkanes of at least 4 members (excludes halogenated alkanes) is 8. The molecule has 0 aliphatic heterocycles. The van der Waals surface area contributed by atoms with Crippen LogP contribution in [0.3, 0.4) is 0 Å². The molecule has 0 bridgehead atoms. The largest absolute Gasteiger partial charge is 0.349 e. The van der Waals surface area contributed by atoms with Crippen LogP contribution in [0.25, 0.3) is 0 Å². The van der Waals surface area contributed by atoms with Crippen molar-refractivity contribution in [3.63, 3.8) is 0 Å². The molecular weight excluding hydrogens is 232 g/mol. The smallest absolute Gasteiger partial charge is 0.345 e. The van der Waals surface area contributed by atoms with Gasteiger partial charge in [0.1, 0.15) is 0 Å². The van der Waals surface area contributed by atoms with E-state index in [0.717, 1.165) is 12.8 Å². The third-order valence-electron chi connectivity index (χ3n) is 2.94. The fraction of sp³-hybridized carbons (Fsp3) is 0.846. The van der Waals surface area contributed by atoms with Crippen molar-refractivity contribution in [3.05, 3.63) is 0 Å². The summed E-state index contributed by atoms with van der Waals surface area (Å²) in [6, 6.07) is -1.11. The van der Waals surface area contributed by atoms with E-state index < -0.39 is 11.9 Å². The van der Waals surface area contributed by atoms with Crippen LogP contribution in [-0.4, -0.2) is 22.2 Å². The maximum absolute atomic E-state index is 11.2. The number of hydrogen-bond donors (Lipinski definition) is 2. The molecule has 0 saturated carbocycles. The number of rotatable bonds is 10. The summed E-state index contributed by atoms with van der Waals surface area (Å²) in [6.07, 6.45) is 10.5. The normalized spacial score (nSPS) is 10.3. The molecule has 5 nitrogen and oxygen atoms in total. The summed E-state index contributed by atoms with van der Waals surface area (Å²) < 4.78 is 0. The highest BCUT2D eigenvalue weighted by Crippen LogP contribution is 2.10. The molecule has 18 heavy (non-hydrogen) atoms. The van der Waals surface area contributed by atoms with Gasteiger partial charge in [0.15, 0.2) is 0 Å². The average Bonchev–Trinajstić information content (AvgIpc) is 2.35. The number of hydroxylamine groups is 2. The monoisotopic (exact) mass is 258 g/mol. The van der Waals surface area contributed by atoms with E-state index in [9.17, 15) is 9.59 Å². The van der Waals surface area contributed by atoms with Gasteiger partial charge in [-0.15, -0.1) is 5.06 Å². The van der Waals surface area contributed by atoms with Gasteiger partial charge in [-0.25, -0.2) is 4.79 Å². The van der Waals surface area contributed by atoms with Gasteiger partial charge >= 0.3 is 6.03 Å². The van der Waals surface area contributed by atoms with Crippen LogP contribution in [0.15, 0.2) is 0 Å². The first kappa shape index (κ1) is 16.9. The average molecular weight is 258 g/mol. The van der Waals surface area contributed by atoms with Gasteiger partial charge in [-0.1, -0.05) is 58.3 Å². The Morgan fingerprint density at radius 1 is 0.944 bits per heavy atom. The van der Waals surface area contributed by atoms with Crippen molar-refractivity contribution >= 4 is 11.9 Å². The zero-order valence-electron chi connectivity index (χ0n) is 11.4. The molecule has 0 saturated heterocycles. The molecule has 0 aliphatic rings. The van der Waals surface area contributed by atoms with Crippen LogP contribution in [0.4, 0.5) is 4.79 Å². The molecule has 106 valence electrons. The number of urea groups is 1. The van der Waals surface area contributed by atoms with Gasteiger partial charge in [0.25, 0.3) is 5.91 Å². The van der Waals surface area contributed by atoms with Gasteiger partial charge in [0, 0.05) is 6.42 Å². The topological polar surface area (TPSA) is 83.6 Å². The summed E-state index contributed by atoms with van der Waals surface area (Å²) in [7, 11) is 0. The number of amides is 3. The van der Waals surface area contributed by atoms with Gasteiger partial charge in [-0.05, 0) is 6.42 Å². The van der Waals surface area contributed by atoms with Crippen LogP contribution < -0.4 is 5.73 Å². The fourth-order valence-electron chi connectivity index (χ4n) is 1.82. The molecular formula is C13H26N2O3. The van der Waals surface area contributed by atoms with Crippen molar-refractivity contribution in [1.82, 2.24) is 5.06 Å². The minimum atomic E-state index is -1.11. The minimum absolute atomic E-state index is 0.00918. The third kappa shape index (κ3) is 8.98. The lowest BCUT2D eigenvalue weighted by atomic mass is 10.1. The Balaban J connectivity index is 3.30. The SMILES string of the molecule is CCCCCCCCCCCC(=O)N(O)C(N)=O. The predicted octanol–water partition coefficient (Wildman–Crippen LogP) is 3.20. The minimum Gasteiger partial charge on any atom is -0.349 e. The fourth-order valence-corrected chi connectivity index (χ4v) is 1.82. The standard InChI is InChI=1S/C13H26N2O3/c1-2-3-4-5-6-7-8-9-10-11-12(16)15(18)13(14)17/h18H,2-11H2,1H3,(H2,14,17). The second kappa shape index (κ2) is 11.0. The van der Waals surface area contributed by atoms with Gasteiger partial charge in [0.2, 0.25) is 0 Å². The maximum atomic E-state index is 11.2. The molecule has 5 heteroatoms. The Morgan fingerprint density at radius 3 is 1.83 bits per heavy atom. The van der Waals surface area contributed by atoms with Crippen molar-refractivity contribution in [2.24, 2.45) is 5.73 Å². The summed E-state index contributed by atoms with van der Waals surface area (Å²) in [6.45, 7) is 2.20. The first-order valence-corrected chi connectivity index (χ1v) is 6.90. The highest BCUT2D eigenvalue weighted by Gasteiger charge is 2.14. The summed E-state index contributed by atoms with van der Waals surface area (Å²) in [5, 5.41) is 8.92. The maximum Gasteiger partial charge on any atom is 0.345 e. The van der Waals surface area contributed by atoms with E-state index in [1.807, 2.05) is 0 Å². The Bertz CT molecular complexity index is 244. The van der Waals surface area contributed by atoms with Crippen LogP contribution in [0.2, 0.25) is 0 Å². The summed E-state index contributed by atoms with van der Waals surface area (Å²) in [5.41, 5.74) is 4.76. The number of primary amides is 1. The van der Waals surface area contributed by atoms with Crippen molar-refractivity contribution in [2.75, 3.05) is 0 Å². The summed E-state index contributed by atoms with van der Waals surface area (Å²) in [4.78, 5) is 21.6. The van der Waals surface area contributed by atoms with Crippen molar-refractivity contribution in [2.45, 2.75) is 71.1 Å². The molecule has 0 aromatic heterocycles. The predicted molar refractivity (Wildman–Crippen MR) is 70.1 cm³/mol. The Morgan fingerprint density at radius 2 is 1.39 bits per heavy atom. The van der Waals surface area contributed by atoms with Gasteiger partial charge in [0.05, 0.1) is 0 Å². The molecule has 3 N–H and O–H groups in total. The van der Waals surface area contributed by atoms with Crippen molar-refractivity contribution in [1.29, 1.82) is 0 Å². The first-order valence-electron chi connectivity index (χ1n) is 6.90. The lowest BCUT2D eigenvalue weighted by Crippen LogP contribution is -2.37. The molecule has 0 unspecified atom stereocenters. The molecule has 0 radical (unpaired) electrons. The Kier molecular flexibility index (Phi) is 10.3. The van der Waals surface area contributed by atoms with E-state index in [2.05, 4.69) is 6.92 Å². The lowest BCUT2D eigenvalue weighted by Gasteiger charge is -2.09. The first-order chi connectivity index (χ1) is 8.59. The number of nitrogens with zero attached hydrogens (tertiary/aromatic N) is 1. The van der Waals surface area contributed by atoms with E-state index in [4.69, 9.17) is 10.9 Å². The second-order valence-electron chi connectivity index (χ2n) is 4.62. The lowest BCUT2D eigenvalue weighted by molar-refractivity contribution is -0.152. The number of hydrogen-bond acceptors (Lipinski definition) is 3. The molecule has 0 rings (SSSR count). The molecule has 0 spiro atoms. The quantitative estimate of drug-likeness (QED) is 0.358. The molecule has 0 aromatic carbocycles. The van der Waals surface area contributed by atoms with Crippen molar-refractivity contribution in [3.8, 4) is 0 Å². The van der Waals surface area contributed by atoms with E-state index in [1.165, 1.54) is 38.5 Å². The van der Waals surface area contributed by atoms with Crippen LogP contribution in [0.1, 0.15) is 71.1 Å². The third-order valence-corrected chi connectivity index (χ3v) is 2.94. The van der Waals surface area contributed by atoms with Gasteiger partial charge in [-0.3, -0.25) is 10.0 Å². The van der Waals surface area contributed by atoms with Crippen LogP contribution in [0.5, 0.6) is 0 Å². The number of carbonyl (C=O) groups is 2.